The van der Waals surface area contributed by atoms with Crippen LogP contribution in [0.5, 0.6) is 0 Å². The Morgan fingerprint density at radius 1 is 1.31 bits per heavy atom. The summed E-state index contributed by atoms with van der Waals surface area (Å²) in [5.74, 6) is -1.14. The fourth-order valence-corrected chi connectivity index (χ4v) is 3.85. The lowest BCUT2D eigenvalue weighted by molar-refractivity contribution is 0.0926. The van der Waals surface area contributed by atoms with Gasteiger partial charge in [0, 0.05) is 0 Å². The van der Waals surface area contributed by atoms with E-state index in [0.717, 1.165) is 27.4 Å². The number of carbonyl (C=O) groups is 3. The molecule has 0 unspecified atom stereocenters. The van der Waals surface area contributed by atoms with Crippen molar-refractivity contribution in [2.75, 3.05) is 11.9 Å². The average Bonchev–Trinajstić information content (AvgIpc) is 3.21. The number of imide groups is 1. The standard InChI is InChI=1S/C15H11ClN4O4S2/c1-2-24-15(23)20-11(21)7-3-4-25-13(7)19-12(22)14-18-8-6-17-10(16)5-9(8)26-14/h3-6H,2H2,1H3,(H,19,22)(H,20,21,23). The first-order valence-corrected chi connectivity index (χ1v) is 9.34. The van der Waals surface area contributed by atoms with E-state index in [0.29, 0.717) is 15.7 Å². The van der Waals surface area contributed by atoms with Gasteiger partial charge in [0.15, 0.2) is 5.01 Å². The highest BCUT2D eigenvalue weighted by atomic mass is 35.5. The Balaban J connectivity index is 1.76. The molecule has 0 aliphatic carbocycles. The van der Waals surface area contributed by atoms with E-state index in [9.17, 15) is 14.4 Å². The third-order valence-electron chi connectivity index (χ3n) is 3.06. The first-order valence-electron chi connectivity index (χ1n) is 7.27. The molecule has 8 nitrogen and oxygen atoms in total. The molecule has 11 heteroatoms. The molecule has 3 amide bonds. The van der Waals surface area contributed by atoms with Crippen molar-refractivity contribution in [2.45, 2.75) is 6.92 Å². The molecule has 3 aromatic heterocycles. The van der Waals surface area contributed by atoms with Crippen molar-refractivity contribution in [3.05, 3.63) is 39.4 Å². The normalized spacial score (nSPS) is 10.5. The van der Waals surface area contributed by atoms with Gasteiger partial charge in [0.2, 0.25) is 0 Å². The SMILES string of the molecule is CCOC(=O)NC(=O)c1ccsc1NC(=O)c1nc2cnc(Cl)cc2s1. The van der Waals surface area contributed by atoms with Crippen molar-refractivity contribution >= 4 is 67.4 Å². The zero-order valence-corrected chi connectivity index (χ0v) is 15.6. The summed E-state index contributed by atoms with van der Waals surface area (Å²) in [6, 6.07) is 3.12. The van der Waals surface area contributed by atoms with Crippen LogP contribution in [0.15, 0.2) is 23.7 Å². The second kappa shape index (κ2) is 7.77. The molecule has 0 saturated carbocycles. The van der Waals surface area contributed by atoms with Gasteiger partial charge in [-0.3, -0.25) is 14.9 Å². The summed E-state index contributed by atoms with van der Waals surface area (Å²) in [5, 5.41) is 7.15. The van der Waals surface area contributed by atoms with Crippen molar-refractivity contribution in [1.82, 2.24) is 15.3 Å². The maximum absolute atomic E-state index is 12.4. The predicted octanol–water partition coefficient (Wildman–Crippen LogP) is 3.54. The summed E-state index contributed by atoms with van der Waals surface area (Å²) in [4.78, 5) is 44.0. The molecular formula is C15H11ClN4O4S2. The van der Waals surface area contributed by atoms with Crippen LogP contribution in [0.2, 0.25) is 5.15 Å². The van der Waals surface area contributed by atoms with Crippen LogP contribution in [0.3, 0.4) is 0 Å². The number of anilines is 1. The van der Waals surface area contributed by atoms with Gasteiger partial charge < -0.3 is 10.1 Å². The number of ether oxygens (including phenoxy) is 1. The number of thiophene rings is 1. The molecule has 0 aromatic carbocycles. The third kappa shape index (κ3) is 3.98. The van der Waals surface area contributed by atoms with E-state index in [2.05, 4.69) is 25.3 Å². The van der Waals surface area contributed by atoms with Gasteiger partial charge in [-0.2, -0.15) is 0 Å². The van der Waals surface area contributed by atoms with Gasteiger partial charge in [-0.1, -0.05) is 11.6 Å². The number of hydrogen-bond acceptors (Lipinski definition) is 8. The molecule has 0 aliphatic rings. The van der Waals surface area contributed by atoms with Gasteiger partial charge in [-0.25, -0.2) is 14.8 Å². The maximum atomic E-state index is 12.4. The van der Waals surface area contributed by atoms with E-state index in [1.54, 1.807) is 18.4 Å². The van der Waals surface area contributed by atoms with E-state index in [-0.39, 0.29) is 17.2 Å². The Hall–Kier alpha value is -2.56. The van der Waals surface area contributed by atoms with Gasteiger partial charge in [0.25, 0.3) is 11.8 Å². The van der Waals surface area contributed by atoms with Gasteiger partial charge in [-0.15, -0.1) is 22.7 Å². The summed E-state index contributed by atoms with van der Waals surface area (Å²) in [5.41, 5.74) is 0.707. The summed E-state index contributed by atoms with van der Waals surface area (Å²) < 4.78 is 5.39. The Kier molecular flexibility index (Phi) is 5.45. The minimum atomic E-state index is -0.850. The van der Waals surface area contributed by atoms with Crippen molar-refractivity contribution in [1.29, 1.82) is 0 Å². The van der Waals surface area contributed by atoms with Crippen LogP contribution < -0.4 is 10.6 Å². The Morgan fingerprint density at radius 3 is 2.88 bits per heavy atom. The highest BCUT2D eigenvalue weighted by molar-refractivity contribution is 7.20. The number of fused-ring (bicyclic) bond motifs is 1. The van der Waals surface area contributed by atoms with Crippen molar-refractivity contribution in [2.24, 2.45) is 0 Å². The highest BCUT2D eigenvalue weighted by Gasteiger charge is 2.20. The van der Waals surface area contributed by atoms with Crippen molar-refractivity contribution in [3.63, 3.8) is 0 Å². The van der Waals surface area contributed by atoms with Crippen LogP contribution in [-0.4, -0.2) is 34.5 Å². The first kappa shape index (κ1) is 18.2. The molecule has 3 aromatic rings. The Morgan fingerprint density at radius 2 is 2.12 bits per heavy atom. The average molecular weight is 411 g/mol. The molecule has 0 saturated heterocycles. The number of halogens is 1. The lowest BCUT2D eigenvalue weighted by atomic mass is 10.3. The van der Waals surface area contributed by atoms with Crippen LogP contribution in [0.25, 0.3) is 10.2 Å². The minimum Gasteiger partial charge on any atom is -0.450 e. The number of thiazole rings is 1. The number of amides is 3. The van der Waals surface area contributed by atoms with Crippen molar-refractivity contribution in [3.8, 4) is 0 Å². The fraction of sp³-hybridized carbons (Fsp3) is 0.133. The van der Waals surface area contributed by atoms with Crippen molar-refractivity contribution < 1.29 is 19.1 Å². The molecule has 0 radical (unpaired) electrons. The smallest absolute Gasteiger partial charge is 0.414 e. The molecular weight excluding hydrogens is 400 g/mol. The van der Waals surface area contributed by atoms with E-state index < -0.39 is 17.9 Å². The number of alkyl carbamates (subject to hydrolysis) is 1. The number of hydrogen-bond donors (Lipinski definition) is 2. The Labute approximate surface area is 160 Å². The lowest BCUT2D eigenvalue weighted by Crippen LogP contribution is -2.31. The van der Waals surface area contributed by atoms with Crippen LogP contribution in [0.1, 0.15) is 27.1 Å². The van der Waals surface area contributed by atoms with E-state index in [4.69, 9.17) is 11.6 Å². The summed E-state index contributed by atoms with van der Waals surface area (Å²) in [6.45, 7) is 1.77. The van der Waals surface area contributed by atoms with E-state index >= 15 is 0 Å². The molecule has 3 heterocycles. The molecule has 2 N–H and O–H groups in total. The number of aromatic nitrogens is 2. The third-order valence-corrected chi connectivity index (χ3v) is 5.12. The number of nitrogens with one attached hydrogen (secondary N) is 2. The second-order valence-corrected chi connectivity index (χ2v) is 7.12. The van der Waals surface area contributed by atoms with Crippen LogP contribution in [-0.2, 0) is 4.74 Å². The predicted molar refractivity (Wildman–Crippen MR) is 99.2 cm³/mol. The molecule has 0 atom stereocenters. The molecule has 0 bridgehead atoms. The minimum absolute atomic E-state index is 0.142. The first-order chi connectivity index (χ1) is 12.5. The molecule has 0 aliphatic heterocycles. The fourth-order valence-electron chi connectivity index (χ4n) is 1.97. The molecule has 3 rings (SSSR count). The molecule has 0 fully saturated rings. The molecule has 26 heavy (non-hydrogen) atoms. The molecule has 0 spiro atoms. The van der Waals surface area contributed by atoms with Gasteiger partial charge in [0.05, 0.1) is 23.1 Å². The summed E-state index contributed by atoms with van der Waals surface area (Å²) in [6.07, 6.45) is 0.630. The quantitative estimate of drug-likeness (QED) is 0.636. The largest absolute Gasteiger partial charge is 0.450 e. The molecule has 134 valence electrons. The number of pyridine rings is 1. The lowest BCUT2D eigenvalue weighted by Gasteiger charge is -2.06. The van der Waals surface area contributed by atoms with Crippen LogP contribution in [0, 0.1) is 0 Å². The summed E-state index contributed by atoms with van der Waals surface area (Å²) in [7, 11) is 0. The Bertz CT molecular complexity index is 1000. The second-order valence-electron chi connectivity index (χ2n) is 4.79. The topological polar surface area (TPSA) is 110 Å². The van der Waals surface area contributed by atoms with Gasteiger partial charge >= 0.3 is 6.09 Å². The maximum Gasteiger partial charge on any atom is 0.414 e. The summed E-state index contributed by atoms with van der Waals surface area (Å²) >= 11 is 8.13. The number of carbonyl (C=O) groups excluding carboxylic acids is 3. The van der Waals surface area contributed by atoms with E-state index in [1.807, 2.05) is 0 Å². The number of nitrogens with zero attached hydrogens (tertiary/aromatic N) is 2. The van der Waals surface area contributed by atoms with Gasteiger partial charge in [0.1, 0.15) is 15.7 Å². The zero-order chi connectivity index (χ0) is 18.7. The van der Waals surface area contributed by atoms with Crippen LogP contribution >= 0.6 is 34.3 Å². The van der Waals surface area contributed by atoms with Gasteiger partial charge in [-0.05, 0) is 24.4 Å². The monoisotopic (exact) mass is 410 g/mol. The van der Waals surface area contributed by atoms with Crippen LogP contribution in [0.4, 0.5) is 9.80 Å². The van der Waals surface area contributed by atoms with E-state index in [1.165, 1.54) is 12.3 Å². The number of rotatable bonds is 4. The zero-order valence-electron chi connectivity index (χ0n) is 13.2. The highest BCUT2D eigenvalue weighted by Crippen LogP contribution is 2.27.